The molecule has 1 heterocycles. The topological polar surface area (TPSA) is 0 Å². The Bertz CT molecular complexity index is 451. The van der Waals surface area contributed by atoms with Gasteiger partial charge in [0.25, 0.3) is 0 Å². The number of benzene rings is 2. The third-order valence-electron chi connectivity index (χ3n) is 3.02. The second kappa shape index (κ2) is 4.34. The molecule has 2 aromatic rings. The number of rotatable bonds is 2. The summed E-state index contributed by atoms with van der Waals surface area (Å²) in [5.41, 5.74) is 2.97. The van der Waals surface area contributed by atoms with Crippen molar-refractivity contribution in [1.29, 1.82) is 0 Å². The molecular formula is C15H14S. The SMILES string of the molecule is c1ccc(CC2Cc3ccccc3S2)cc1. The molecule has 0 saturated carbocycles. The molecule has 2 aromatic carbocycles. The van der Waals surface area contributed by atoms with Crippen LogP contribution in [-0.2, 0) is 12.8 Å². The van der Waals surface area contributed by atoms with Crippen molar-refractivity contribution >= 4 is 11.8 Å². The molecule has 0 nitrogen and oxygen atoms in total. The molecule has 1 heteroatoms. The molecule has 1 aliphatic rings. The van der Waals surface area contributed by atoms with E-state index in [0.717, 1.165) is 5.25 Å². The lowest BCUT2D eigenvalue weighted by molar-refractivity contribution is 0.857. The quantitative estimate of drug-likeness (QED) is 0.747. The summed E-state index contributed by atoms with van der Waals surface area (Å²) in [4.78, 5) is 1.48. The van der Waals surface area contributed by atoms with E-state index in [1.165, 1.54) is 28.9 Å². The molecule has 3 rings (SSSR count). The van der Waals surface area contributed by atoms with Crippen molar-refractivity contribution in [2.75, 3.05) is 0 Å². The molecule has 16 heavy (non-hydrogen) atoms. The van der Waals surface area contributed by atoms with Crippen LogP contribution >= 0.6 is 11.8 Å². The molecule has 1 aliphatic heterocycles. The molecule has 1 atom stereocenters. The maximum Gasteiger partial charge on any atom is 0.0176 e. The Morgan fingerprint density at radius 3 is 2.50 bits per heavy atom. The molecule has 0 spiro atoms. The summed E-state index contributed by atoms with van der Waals surface area (Å²) in [5.74, 6) is 0. The monoisotopic (exact) mass is 226 g/mol. The fourth-order valence-electron chi connectivity index (χ4n) is 2.24. The predicted molar refractivity (Wildman–Crippen MR) is 69.9 cm³/mol. The Morgan fingerprint density at radius 1 is 0.938 bits per heavy atom. The van der Waals surface area contributed by atoms with E-state index < -0.39 is 0 Å². The predicted octanol–water partition coefficient (Wildman–Crippen LogP) is 3.95. The summed E-state index contributed by atoms with van der Waals surface area (Å²) >= 11 is 2.03. The van der Waals surface area contributed by atoms with E-state index in [9.17, 15) is 0 Å². The maximum atomic E-state index is 2.26. The van der Waals surface area contributed by atoms with E-state index in [-0.39, 0.29) is 0 Å². The first-order chi connectivity index (χ1) is 7.92. The van der Waals surface area contributed by atoms with Gasteiger partial charge in [0, 0.05) is 10.1 Å². The highest BCUT2D eigenvalue weighted by Gasteiger charge is 2.21. The van der Waals surface area contributed by atoms with Crippen molar-refractivity contribution in [2.45, 2.75) is 23.0 Å². The Hall–Kier alpha value is -1.21. The molecule has 1 unspecified atom stereocenters. The minimum atomic E-state index is 0.722. The van der Waals surface area contributed by atoms with E-state index in [0.29, 0.717) is 0 Å². The molecule has 0 aliphatic carbocycles. The first-order valence-corrected chi connectivity index (χ1v) is 6.58. The van der Waals surface area contributed by atoms with Crippen LogP contribution in [0.1, 0.15) is 11.1 Å². The van der Waals surface area contributed by atoms with Crippen molar-refractivity contribution in [2.24, 2.45) is 0 Å². The first-order valence-electron chi connectivity index (χ1n) is 5.70. The van der Waals surface area contributed by atoms with Crippen molar-refractivity contribution in [3.05, 3.63) is 65.7 Å². The fraction of sp³-hybridized carbons (Fsp3) is 0.200. The van der Waals surface area contributed by atoms with Crippen LogP contribution in [-0.4, -0.2) is 5.25 Å². The van der Waals surface area contributed by atoms with Crippen molar-refractivity contribution in [3.8, 4) is 0 Å². The smallest absolute Gasteiger partial charge is 0.0176 e. The molecular weight excluding hydrogens is 212 g/mol. The molecule has 80 valence electrons. The number of thioether (sulfide) groups is 1. The third-order valence-corrected chi connectivity index (χ3v) is 4.34. The Balaban J connectivity index is 1.73. The van der Waals surface area contributed by atoms with Gasteiger partial charge in [0.1, 0.15) is 0 Å². The average molecular weight is 226 g/mol. The van der Waals surface area contributed by atoms with Crippen LogP contribution < -0.4 is 0 Å². The molecule has 0 saturated heterocycles. The molecule has 0 aromatic heterocycles. The Labute approximate surface area is 101 Å². The van der Waals surface area contributed by atoms with Gasteiger partial charge < -0.3 is 0 Å². The van der Waals surface area contributed by atoms with Gasteiger partial charge in [-0.2, -0.15) is 0 Å². The average Bonchev–Trinajstić information content (AvgIpc) is 2.72. The van der Waals surface area contributed by atoms with Gasteiger partial charge in [0.15, 0.2) is 0 Å². The molecule has 0 amide bonds. The van der Waals surface area contributed by atoms with Gasteiger partial charge in [0.05, 0.1) is 0 Å². The number of fused-ring (bicyclic) bond motifs is 1. The molecule has 0 fully saturated rings. The fourth-order valence-corrected chi connectivity index (χ4v) is 3.60. The normalized spacial score (nSPS) is 18.4. The zero-order chi connectivity index (χ0) is 10.8. The largest absolute Gasteiger partial charge is 0.122 e. The van der Waals surface area contributed by atoms with Crippen LogP contribution in [0.25, 0.3) is 0 Å². The van der Waals surface area contributed by atoms with E-state index in [2.05, 4.69) is 54.6 Å². The van der Waals surface area contributed by atoms with E-state index in [1.807, 2.05) is 11.8 Å². The van der Waals surface area contributed by atoms with Crippen LogP contribution in [0, 0.1) is 0 Å². The van der Waals surface area contributed by atoms with E-state index in [4.69, 9.17) is 0 Å². The second-order valence-corrected chi connectivity index (χ2v) is 5.58. The van der Waals surface area contributed by atoms with Gasteiger partial charge in [-0.15, -0.1) is 11.8 Å². The highest BCUT2D eigenvalue weighted by Crippen LogP contribution is 2.38. The second-order valence-electron chi connectivity index (χ2n) is 4.24. The highest BCUT2D eigenvalue weighted by molar-refractivity contribution is 8.00. The van der Waals surface area contributed by atoms with Crippen molar-refractivity contribution < 1.29 is 0 Å². The summed E-state index contributed by atoms with van der Waals surface area (Å²) in [5, 5.41) is 0.722. The lowest BCUT2D eigenvalue weighted by atomic mass is 10.0. The molecule has 0 N–H and O–H groups in total. The van der Waals surface area contributed by atoms with Crippen LogP contribution in [0.15, 0.2) is 59.5 Å². The van der Waals surface area contributed by atoms with Gasteiger partial charge in [0.2, 0.25) is 0 Å². The number of hydrogen-bond acceptors (Lipinski definition) is 1. The van der Waals surface area contributed by atoms with Gasteiger partial charge in [-0.3, -0.25) is 0 Å². The first kappa shape index (κ1) is 9.98. The third kappa shape index (κ3) is 2.00. The van der Waals surface area contributed by atoms with Gasteiger partial charge in [-0.25, -0.2) is 0 Å². The van der Waals surface area contributed by atoms with Gasteiger partial charge in [-0.1, -0.05) is 48.5 Å². The number of hydrogen-bond donors (Lipinski definition) is 0. The summed E-state index contributed by atoms with van der Waals surface area (Å²) in [6.07, 6.45) is 2.40. The minimum absolute atomic E-state index is 0.722. The van der Waals surface area contributed by atoms with Gasteiger partial charge >= 0.3 is 0 Å². The summed E-state index contributed by atoms with van der Waals surface area (Å²) in [6, 6.07) is 19.6. The standard InChI is InChI=1S/C15H14S/c1-2-6-12(7-3-1)10-14-11-13-8-4-5-9-15(13)16-14/h1-9,14H,10-11H2. The zero-order valence-corrected chi connectivity index (χ0v) is 9.91. The Morgan fingerprint density at radius 2 is 1.69 bits per heavy atom. The summed E-state index contributed by atoms with van der Waals surface area (Å²) in [6.45, 7) is 0. The summed E-state index contributed by atoms with van der Waals surface area (Å²) in [7, 11) is 0. The highest BCUT2D eigenvalue weighted by atomic mass is 32.2. The van der Waals surface area contributed by atoms with Crippen LogP contribution in [0.3, 0.4) is 0 Å². The maximum absolute atomic E-state index is 2.26. The minimum Gasteiger partial charge on any atom is -0.122 e. The molecule has 0 bridgehead atoms. The van der Waals surface area contributed by atoms with Crippen molar-refractivity contribution in [3.63, 3.8) is 0 Å². The Kier molecular flexibility index (Phi) is 2.71. The van der Waals surface area contributed by atoms with Gasteiger partial charge in [-0.05, 0) is 30.0 Å². The zero-order valence-electron chi connectivity index (χ0n) is 9.10. The summed E-state index contributed by atoms with van der Waals surface area (Å²) < 4.78 is 0. The van der Waals surface area contributed by atoms with E-state index >= 15 is 0 Å². The lowest BCUT2D eigenvalue weighted by Gasteiger charge is -2.07. The van der Waals surface area contributed by atoms with Crippen LogP contribution in [0.5, 0.6) is 0 Å². The van der Waals surface area contributed by atoms with E-state index in [1.54, 1.807) is 0 Å². The lowest BCUT2D eigenvalue weighted by Crippen LogP contribution is -2.04. The van der Waals surface area contributed by atoms with Crippen LogP contribution in [0.2, 0.25) is 0 Å². The van der Waals surface area contributed by atoms with Crippen molar-refractivity contribution in [1.82, 2.24) is 0 Å². The molecule has 0 radical (unpaired) electrons. The van der Waals surface area contributed by atoms with Crippen LogP contribution in [0.4, 0.5) is 0 Å².